The lowest BCUT2D eigenvalue weighted by molar-refractivity contribution is -0.135. The van der Waals surface area contributed by atoms with Crippen LogP contribution in [0.15, 0.2) is 42.5 Å². The number of hydrogen-bond acceptors (Lipinski definition) is 4. The third-order valence-electron chi connectivity index (χ3n) is 5.00. The number of carbonyl (C=O) groups is 2. The van der Waals surface area contributed by atoms with Gasteiger partial charge in [-0.05, 0) is 43.2 Å². The van der Waals surface area contributed by atoms with Crippen LogP contribution in [0.3, 0.4) is 0 Å². The Morgan fingerprint density at radius 2 is 1.69 bits per heavy atom. The normalized spacial score (nSPS) is 14.5. The lowest BCUT2D eigenvalue weighted by Gasteiger charge is -2.34. The van der Waals surface area contributed by atoms with Gasteiger partial charge >= 0.3 is 0 Å². The summed E-state index contributed by atoms with van der Waals surface area (Å²) in [5.74, 6) is 0.476. The van der Waals surface area contributed by atoms with Gasteiger partial charge in [0, 0.05) is 36.9 Å². The molecule has 3 rings (SSSR count). The van der Waals surface area contributed by atoms with Gasteiger partial charge in [0.05, 0.1) is 6.54 Å². The standard InChI is InChI=1S/C22H26ClN3O3/c1-16-5-3-6-17(2)22(16)24-20(27)14-25-9-11-26(12-10-25)21(28)15-29-19-8-4-7-18(23)13-19/h3-8,13H,9-12,14-15H2,1-2H3,(H,24,27). The molecule has 1 heterocycles. The number of nitrogens with zero attached hydrogens (tertiary/aromatic N) is 2. The van der Waals surface area contributed by atoms with E-state index in [-0.39, 0.29) is 18.4 Å². The van der Waals surface area contributed by atoms with E-state index in [0.717, 1.165) is 16.8 Å². The van der Waals surface area contributed by atoms with Crippen molar-refractivity contribution in [1.82, 2.24) is 9.80 Å². The number of piperazine rings is 1. The van der Waals surface area contributed by atoms with E-state index < -0.39 is 0 Å². The topological polar surface area (TPSA) is 61.9 Å². The summed E-state index contributed by atoms with van der Waals surface area (Å²) in [6.45, 7) is 6.73. The highest BCUT2D eigenvalue weighted by Gasteiger charge is 2.23. The van der Waals surface area contributed by atoms with E-state index in [2.05, 4.69) is 10.2 Å². The molecule has 1 aliphatic rings. The number of carbonyl (C=O) groups excluding carboxylic acids is 2. The van der Waals surface area contributed by atoms with Gasteiger partial charge in [0.1, 0.15) is 5.75 Å². The molecule has 0 unspecified atom stereocenters. The highest BCUT2D eigenvalue weighted by atomic mass is 35.5. The van der Waals surface area contributed by atoms with E-state index in [9.17, 15) is 9.59 Å². The van der Waals surface area contributed by atoms with Crippen molar-refractivity contribution in [3.8, 4) is 5.75 Å². The van der Waals surface area contributed by atoms with E-state index in [1.807, 2.05) is 32.0 Å². The van der Waals surface area contributed by atoms with E-state index in [1.54, 1.807) is 29.2 Å². The monoisotopic (exact) mass is 415 g/mol. The van der Waals surface area contributed by atoms with Gasteiger partial charge in [-0.25, -0.2) is 0 Å². The van der Waals surface area contributed by atoms with Crippen LogP contribution in [-0.2, 0) is 9.59 Å². The number of amides is 2. The van der Waals surface area contributed by atoms with Gasteiger partial charge in [-0.2, -0.15) is 0 Å². The van der Waals surface area contributed by atoms with Gasteiger partial charge in [-0.3, -0.25) is 14.5 Å². The lowest BCUT2D eigenvalue weighted by Crippen LogP contribution is -2.51. The van der Waals surface area contributed by atoms with Gasteiger partial charge in [0.15, 0.2) is 6.61 Å². The zero-order valence-corrected chi connectivity index (χ0v) is 17.5. The maximum atomic E-state index is 12.4. The average molecular weight is 416 g/mol. The molecular weight excluding hydrogens is 390 g/mol. The number of ether oxygens (including phenoxy) is 1. The van der Waals surface area contributed by atoms with Gasteiger partial charge < -0.3 is 15.0 Å². The van der Waals surface area contributed by atoms with Crippen LogP contribution in [0.25, 0.3) is 0 Å². The molecule has 0 saturated carbocycles. The van der Waals surface area contributed by atoms with Crippen LogP contribution in [0.1, 0.15) is 11.1 Å². The number of anilines is 1. The second-order valence-corrected chi connectivity index (χ2v) is 7.65. The zero-order chi connectivity index (χ0) is 20.8. The number of hydrogen-bond donors (Lipinski definition) is 1. The number of rotatable bonds is 6. The van der Waals surface area contributed by atoms with Crippen molar-refractivity contribution < 1.29 is 14.3 Å². The third-order valence-corrected chi connectivity index (χ3v) is 5.23. The summed E-state index contributed by atoms with van der Waals surface area (Å²) in [7, 11) is 0. The number of para-hydroxylation sites is 1. The van der Waals surface area contributed by atoms with Crippen LogP contribution in [0, 0.1) is 13.8 Å². The number of halogens is 1. The Kier molecular flexibility index (Phi) is 7.12. The fraction of sp³-hybridized carbons (Fsp3) is 0.364. The third kappa shape index (κ3) is 5.95. The van der Waals surface area contributed by atoms with Crippen molar-refractivity contribution in [1.29, 1.82) is 0 Å². The SMILES string of the molecule is Cc1cccc(C)c1NC(=O)CN1CCN(C(=O)COc2cccc(Cl)c2)CC1. The smallest absolute Gasteiger partial charge is 0.260 e. The summed E-state index contributed by atoms with van der Waals surface area (Å²) in [6.07, 6.45) is 0. The van der Waals surface area contributed by atoms with Gasteiger partial charge in [-0.1, -0.05) is 35.9 Å². The molecule has 0 spiro atoms. The minimum Gasteiger partial charge on any atom is -0.484 e. The molecule has 1 N–H and O–H groups in total. The second kappa shape index (κ2) is 9.76. The van der Waals surface area contributed by atoms with Crippen LogP contribution >= 0.6 is 11.6 Å². The Morgan fingerprint density at radius 1 is 1.03 bits per heavy atom. The first-order chi connectivity index (χ1) is 13.9. The molecule has 7 heteroatoms. The first kappa shape index (κ1) is 21.1. The van der Waals surface area contributed by atoms with E-state index in [1.165, 1.54) is 0 Å². The Bertz CT molecular complexity index is 859. The highest BCUT2D eigenvalue weighted by Crippen LogP contribution is 2.19. The summed E-state index contributed by atoms with van der Waals surface area (Å²) in [5.41, 5.74) is 2.98. The van der Waals surface area contributed by atoms with Crippen LogP contribution in [-0.4, -0.2) is 60.9 Å². The lowest BCUT2D eigenvalue weighted by atomic mass is 10.1. The second-order valence-electron chi connectivity index (χ2n) is 7.22. The van der Waals surface area contributed by atoms with Crippen molar-refractivity contribution in [3.05, 3.63) is 58.6 Å². The molecule has 2 aromatic rings. The zero-order valence-electron chi connectivity index (χ0n) is 16.8. The van der Waals surface area contributed by atoms with E-state index in [0.29, 0.717) is 43.5 Å². The van der Waals surface area contributed by atoms with Gasteiger partial charge in [0.2, 0.25) is 5.91 Å². The van der Waals surface area contributed by atoms with Crippen molar-refractivity contribution in [2.75, 3.05) is 44.6 Å². The first-order valence-electron chi connectivity index (χ1n) is 9.67. The van der Waals surface area contributed by atoms with Crippen LogP contribution < -0.4 is 10.1 Å². The Hall–Kier alpha value is -2.57. The predicted octanol–water partition coefficient (Wildman–Crippen LogP) is 3.12. The number of aryl methyl sites for hydroxylation is 2. The molecule has 29 heavy (non-hydrogen) atoms. The van der Waals surface area contributed by atoms with Crippen LogP contribution in [0.4, 0.5) is 5.69 Å². The van der Waals surface area contributed by atoms with Gasteiger partial charge in [-0.15, -0.1) is 0 Å². The fourth-order valence-corrected chi connectivity index (χ4v) is 3.52. The molecule has 0 radical (unpaired) electrons. The van der Waals surface area contributed by atoms with E-state index in [4.69, 9.17) is 16.3 Å². The molecule has 2 aromatic carbocycles. The predicted molar refractivity (Wildman–Crippen MR) is 115 cm³/mol. The Balaban J connectivity index is 1.42. The molecular formula is C22H26ClN3O3. The summed E-state index contributed by atoms with van der Waals surface area (Å²) < 4.78 is 5.53. The van der Waals surface area contributed by atoms with Gasteiger partial charge in [0.25, 0.3) is 5.91 Å². The number of nitrogens with one attached hydrogen (secondary N) is 1. The van der Waals surface area contributed by atoms with Crippen molar-refractivity contribution in [2.45, 2.75) is 13.8 Å². The molecule has 1 saturated heterocycles. The molecule has 0 aromatic heterocycles. The Morgan fingerprint density at radius 3 is 2.34 bits per heavy atom. The fourth-order valence-electron chi connectivity index (χ4n) is 3.34. The Labute approximate surface area is 176 Å². The maximum Gasteiger partial charge on any atom is 0.260 e. The summed E-state index contributed by atoms with van der Waals surface area (Å²) in [4.78, 5) is 28.6. The minimum absolute atomic E-state index is 0.0204. The largest absolute Gasteiger partial charge is 0.484 e. The molecule has 2 amide bonds. The quantitative estimate of drug-likeness (QED) is 0.787. The molecule has 0 atom stereocenters. The molecule has 1 aliphatic heterocycles. The first-order valence-corrected chi connectivity index (χ1v) is 10.0. The summed E-state index contributed by atoms with van der Waals surface area (Å²) in [6, 6.07) is 12.9. The minimum atomic E-state index is -0.0652. The molecule has 6 nitrogen and oxygen atoms in total. The maximum absolute atomic E-state index is 12.4. The summed E-state index contributed by atoms with van der Waals surface area (Å²) >= 11 is 5.92. The van der Waals surface area contributed by atoms with Crippen molar-refractivity contribution in [2.24, 2.45) is 0 Å². The van der Waals surface area contributed by atoms with Crippen molar-refractivity contribution in [3.63, 3.8) is 0 Å². The molecule has 0 bridgehead atoms. The van der Waals surface area contributed by atoms with Crippen LogP contribution in [0.2, 0.25) is 5.02 Å². The van der Waals surface area contributed by atoms with Crippen LogP contribution in [0.5, 0.6) is 5.75 Å². The molecule has 0 aliphatic carbocycles. The average Bonchev–Trinajstić information content (AvgIpc) is 2.70. The summed E-state index contributed by atoms with van der Waals surface area (Å²) in [5, 5.41) is 3.58. The molecule has 1 fully saturated rings. The van der Waals surface area contributed by atoms with Crippen molar-refractivity contribution >= 4 is 29.1 Å². The molecule has 154 valence electrons. The van der Waals surface area contributed by atoms with E-state index >= 15 is 0 Å². The highest BCUT2D eigenvalue weighted by molar-refractivity contribution is 6.30. The number of benzene rings is 2.